The molecule has 0 aliphatic carbocycles. The highest BCUT2D eigenvalue weighted by molar-refractivity contribution is 7.86. The zero-order chi connectivity index (χ0) is 12.3. The Hall–Kier alpha value is -0.950. The maximum absolute atomic E-state index is 11.8. The lowest BCUT2D eigenvalue weighted by molar-refractivity contribution is 0.136. The Morgan fingerprint density at radius 3 is 2.65 bits per heavy atom. The van der Waals surface area contributed by atoms with E-state index in [-0.39, 0.29) is 10.9 Å². The third-order valence-electron chi connectivity index (χ3n) is 2.56. The molecule has 1 aromatic rings. The summed E-state index contributed by atoms with van der Waals surface area (Å²) in [4.78, 5) is 0.148. The number of hydroxylamine groups is 1. The van der Waals surface area contributed by atoms with Crippen molar-refractivity contribution in [2.75, 3.05) is 13.2 Å². The second-order valence-electron chi connectivity index (χ2n) is 4.03. The summed E-state index contributed by atoms with van der Waals surface area (Å²) in [6.45, 7) is 3.00. The lowest BCUT2D eigenvalue weighted by Crippen LogP contribution is -2.31. The van der Waals surface area contributed by atoms with Crippen molar-refractivity contribution in [2.45, 2.75) is 24.3 Å². The van der Waals surface area contributed by atoms with E-state index in [4.69, 9.17) is 9.02 Å². The number of ether oxygens (including phenoxy) is 1. The molecule has 0 spiro atoms. The van der Waals surface area contributed by atoms with Gasteiger partial charge in [-0.3, -0.25) is 0 Å². The summed E-state index contributed by atoms with van der Waals surface area (Å²) >= 11 is 0. The molecule has 1 atom stereocenters. The van der Waals surface area contributed by atoms with Crippen molar-refractivity contribution < 1.29 is 17.4 Å². The summed E-state index contributed by atoms with van der Waals surface area (Å²) in [5.74, 6) is 0. The fourth-order valence-corrected chi connectivity index (χ4v) is 2.34. The van der Waals surface area contributed by atoms with Crippen LogP contribution in [0.1, 0.15) is 12.0 Å². The molecule has 2 rings (SSSR count). The van der Waals surface area contributed by atoms with E-state index in [0.29, 0.717) is 13.2 Å². The fraction of sp³-hybridized carbons (Fsp3) is 0.455. The van der Waals surface area contributed by atoms with Gasteiger partial charge in [0.1, 0.15) is 0 Å². The first-order chi connectivity index (χ1) is 8.08. The monoisotopic (exact) mass is 257 g/mol. The predicted molar refractivity (Wildman–Crippen MR) is 61.8 cm³/mol. The van der Waals surface area contributed by atoms with Crippen LogP contribution in [0.2, 0.25) is 0 Å². The van der Waals surface area contributed by atoms with Gasteiger partial charge in [-0.1, -0.05) is 17.7 Å². The zero-order valence-electron chi connectivity index (χ0n) is 9.55. The van der Waals surface area contributed by atoms with Crippen LogP contribution < -0.4 is 5.48 Å². The summed E-state index contributed by atoms with van der Waals surface area (Å²) in [6.07, 6.45) is 0.753. The Balaban J connectivity index is 2.00. The lowest BCUT2D eigenvalue weighted by atomic mass is 10.2. The summed E-state index contributed by atoms with van der Waals surface area (Å²) < 4.78 is 33.4. The van der Waals surface area contributed by atoms with Crippen LogP contribution in [0.25, 0.3) is 0 Å². The lowest BCUT2D eigenvalue weighted by Gasteiger charge is -2.10. The van der Waals surface area contributed by atoms with Crippen LogP contribution in [-0.4, -0.2) is 27.7 Å². The number of hydrogen-bond acceptors (Lipinski definition) is 5. The van der Waals surface area contributed by atoms with Crippen molar-refractivity contribution in [3.63, 3.8) is 0 Å². The molecule has 1 N–H and O–H groups in total. The molecule has 1 aliphatic heterocycles. The van der Waals surface area contributed by atoms with Gasteiger partial charge in [0.25, 0.3) is 0 Å². The zero-order valence-corrected chi connectivity index (χ0v) is 10.4. The van der Waals surface area contributed by atoms with Gasteiger partial charge in [-0.15, -0.1) is 0 Å². The minimum atomic E-state index is -3.73. The number of rotatable bonds is 4. The predicted octanol–water partition coefficient (Wildman–Crippen LogP) is 0.994. The Morgan fingerprint density at radius 2 is 2.06 bits per heavy atom. The Morgan fingerprint density at radius 1 is 1.35 bits per heavy atom. The molecule has 0 unspecified atom stereocenters. The van der Waals surface area contributed by atoms with Gasteiger partial charge in [-0.25, -0.2) is 0 Å². The maximum Gasteiger partial charge on any atom is 0.312 e. The highest BCUT2D eigenvalue weighted by atomic mass is 32.2. The molecule has 0 amide bonds. The van der Waals surface area contributed by atoms with Crippen LogP contribution in [0.15, 0.2) is 29.2 Å². The molecule has 1 saturated heterocycles. The second kappa shape index (κ2) is 5.14. The van der Waals surface area contributed by atoms with E-state index >= 15 is 0 Å². The first-order valence-electron chi connectivity index (χ1n) is 5.41. The first-order valence-corrected chi connectivity index (χ1v) is 6.82. The molecule has 17 heavy (non-hydrogen) atoms. The second-order valence-corrected chi connectivity index (χ2v) is 5.58. The van der Waals surface area contributed by atoms with Crippen molar-refractivity contribution in [3.8, 4) is 0 Å². The summed E-state index contributed by atoms with van der Waals surface area (Å²) in [5, 5.41) is 0. The topological polar surface area (TPSA) is 64.6 Å². The third-order valence-corrected chi connectivity index (χ3v) is 3.73. The van der Waals surface area contributed by atoms with E-state index in [0.717, 1.165) is 12.0 Å². The van der Waals surface area contributed by atoms with Crippen molar-refractivity contribution in [1.29, 1.82) is 0 Å². The molecular formula is C11H15NO4S. The van der Waals surface area contributed by atoms with E-state index in [1.165, 1.54) is 12.1 Å². The van der Waals surface area contributed by atoms with E-state index in [1.807, 2.05) is 6.92 Å². The van der Waals surface area contributed by atoms with Crippen LogP contribution >= 0.6 is 0 Å². The largest absolute Gasteiger partial charge is 0.380 e. The average Bonchev–Trinajstić information content (AvgIpc) is 2.80. The van der Waals surface area contributed by atoms with Gasteiger partial charge < -0.3 is 4.74 Å². The maximum atomic E-state index is 11.8. The van der Waals surface area contributed by atoms with Crippen molar-refractivity contribution in [2.24, 2.45) is 0 Å². The van der Waals surface area contributed by atoms with Crippen LogP contribution in [0.5, 0.6) is 0 Å². The summed E-state index contributed by atoms with van der Waals surface area (Å²) in [6, 6.07) is 6.45. The van der Waals surface area contributed by atoms with Gasteiger partial charge in [0.15, 0.2) is 0 Å². The number of nitrogens with one attached hydrogen (secondary N) is 1. The molecule has 94 valence electrons. The summed E-state index contributed by atoms with van der Waals surface area (Å²) in [5.41, 5.74) is 3.52. The molecule has 6 heteroatoms. The number of benzene rings is 1. The van der Waals surface area contributed by atoms with Crippen LogP contribution in [-0.2, 0) is 19.1 Å². The minimum absolute atomic E-state index is 0.0600. The smallest absolute Gasteiger partial charge is 0.312 e. The Labute approximate surface area is 101 Å². The third kappa shape index (κ3) is 3.26. The normalized spacial score (nSPS) is 20.6. The first kappa shape index (κ1) is 12.5. The van der Waals surface area contributed by atoms with E-state index in [1.54, 1.807) is 12.1 Å². The highest BCUT2D eigenvalue weighted by Gasteiger charge is 2.20. The standard InChI is InChI=1S/C11H15NO4S/c1-9-2-4-11(5-3-9)17(13,14)16-12-10-6-7-15-8-10/h2-5,10,12H,6-8H2,1H3/t10-/m1/s1. The number of aryl methyl sites for hydroxylation is 1. The van der Waals surface area contributed by atoms with Gasteiger partial charge in [0.2, 0.25) is 0 Å². The van der Waals surface area contributed by atoms with E-state index < -0.39 is 10.1 Å². The quantitative estimate of drug-likeness (QED) is 0.815. The molecule has 0 bridgehead atoms. The molecule has 1 heterocycles. The Bertz CT molecular complexity index is 463. The molecule has 1 aliphatic rings. The fourth-order valence-electron chi connectivity index (χ4n) is 1.51. The Kier molecular flexibility index (Phi) is 3.78. The highest BCUT2D eigenvalue weighted by Crippen LogP contribution is 2.13. The SMILES string of the molecule is Cc1ccc(S(=O)(=O)ON[C@@H]2CCOC2)cc1. The van der Waals surface area contributed by atoms with Crippen molar-refractivity contribution in [1.82, 2.24) is 5.48 Å². The molecule has 5 nitrogen and oxygen atoms in total. The van der Waals surface area contributed by atoms with E-state index in [9.17, 15) is 8.42 Å². The number of hydrogen-bond donors (Lipinski definition) is 1. The van der Waals surface area contributed by atoms with Crippen LogP contribution in [0.3, 0.4) is 0 Å². The van der Waals surface area contributed by atoms with Gasteiger partial charge in [0.05, 0.1) is 17.5 Å². The molecular weight excluding hydrogens is 242 g/mol. The molecule has 0 radical (unpaired) electrons. The molecule has 0 saturated carbocycles. The summed E-state index contributed by atoms with van der Waals surface area (Å²) in [7, 11) is -3.73. The van der Waals surface area contributed by atoms with Gasteiger partial charge in [-0.2, -0.15) is 18.2 Å². The molecule has 0 aromatic heterocycles. The molecule has 1 fully saturated rings. The van der Waals surface area contributed by atoms with Crippen molar-refractivity contribution >= 4 is 10.1 Å². The van der Waals surface area contributed by atoms with Crippen molar-refractivity contribution in [3.05, 3.63) is 29.8 Å². The van der Waals surface area contributed by atoms with E-state index in [2.05, 4.69) is 5.48 Å². The van der Waals surface area contributed by atoms with Gasteiger partial charge in [-0.05, 0) is 25.5 Å². The van der Waals surface area contributed by atoms with Gasteiger partial charge in [0, 0.05) is 6.61 Å². The average molecular weight is 257 g/mol. The van der Waals surface area contributed by atoms with Crippen LogP contribution in [0, 0.1) is 6.92 Å². The van der Waals surface area contributed by atoms with Crippen LogP contribution in [0.4, 0.5) is 0 Å². The molecule has 1 aromatic carbocycles. The minimum Gasteiger partial charge on any atom is -0.380 e. The van der Waals surface area contributed by atoms with Gasteiger partial charge >= 0.3 is 10.1 Å².